The fourth-order valence-electron chi connectivity index (χ4n) is 5.10. The lowest BCUT2D eigenvalue weighted by Gasteiger charge is -2.37. The molecule has 0 nitrogen and oxygen atoms in total. The summed E-state index contributed by atoms with van der Waals surface area (Å²) in [7, 11) is 0. The maximum absolute atomic E-state index is 2.45. The average molecular weight is 307 g/mol. The zero-order valence-electron chi connectivity index (χ0n) is 15.6. The fourth-order valence-corrected chi connectivity index (χ4v) is 5.10. The lowest BCUT2D eigenvalue weighted by molar-refractivity contribution is 0.146. The van der Waals surface area contributed by atoms with Gasteiger partial charge in [-0.25, -0.2) is 0 Å². The Morgan fingerprint density at radius 1 is 0.591 bits per heavy atom. The summed E-state index contributed by atoms with van der Waals surface area (Å²) in [6.07, 6.45) is 24.2. The Kier molecular flexibility index (Phi) is 8.93. The third kappa shape index (κ3) is 6.63. The van der Waals surface area contributed by atoms with E-state index < -0.39 is 0 Å². The summed E-state index contributed by atoms with van der Waals surface area (Å²) in [5, 5.41) is 0. The van der Waals surface area contributed by atoms with Crippen LogP contribution in [0.1, 0.15) is 117 Å². The molecule has 0 radical (unpaired) electrons. The molecule has 0 saturated heterocycles. The molecule has 2 fully saturated rings. The van der Waals surface area contributed by atoms with Crippen molar-refractivity contribution in [3.8, 4) is 0 Å². The van der Waals surface area contributed by atoms with E-state index in [2.05, 4.69) is 13.8 Å². The Hall–Kier alpha value is 0. The van der Waals surface area contributed by atoms with Crippen LogP contribution in [0.4, 0.5) is 0 Å². The normalized spacial score (nSPS) is 33.0. The van der Waals surface area contributed by atoms with Gasteiger partial charge >= 0.3 is 0 Å². The van der Waals surface area contributed by atoms with Gasteiger partial charge in [-0.3, -0.25) is 0 Å². The monoisotopic (exact) mass is 306 g/mol. The van der Waals surface area contributed by atoms with Gasteiger partial charge in [-0.05, 0) is 49.4 Å². The second kappa shape index (κ2) is 10.7. The molecule has 0 atom stereocenters. The molecule has 2 aliphatic rings. The summed E-state index contributed by atoms with van der Waals surface area (Å²) in [5.74, 6) is 4.33. The molecular weight excluding hydrogens is 264 g/mol. The minimum atomic E-state index is 1.02. The lowest BCUT2D eigenvalue weighted by atomic mass is 9.69. The van der Waals surface area contributed by atoms with Gasteiger partial charge in [0.15, 0.2) is 0 Å². The summed E-state index contributed by atoms with van der Waals surface area (Å²) >= 11 is 0. The van der Waals surface area contributed by atoms with Gasteiger partial charge in [-0.2, -0.15) is 0 Å². The van der Waals surface area contributed by atoms with E-state index in [0.29, 0.717) is 0 Å². The standard InChI is InChI=1S/C22H42/c1-3-4-5-6-7-8-9-10-20-13-17-22(18-14-20)21-15-11-19(2)12-16-21/h19-22H,3-18H2,1-2H3/t19-,20?,21-,22?. The maximum Gasteiger partial charge on any atom is -0.0386 e. The smallest absolute Gasteiger partial charge is 0.0386 e. The molecule has 0 aliphatic heterocycles. The Labute approximate surface area is 140 Å². The molecule has 2 saturated carbocycles. The second-order valence-corrected chi connectivity index (χ2v) is 8.71. The average Bonchev–Trinajstić information content (AvgIpc) is 2.55. The Morgan fingerprint density at radius 3 is 1.68 bits per heavy atom. The summed E-state index contributed by atoms with van der Waals surface area (Å²) < 4.78 is 0. The highest BCUT2D eigenvalue weighted by Gasteiger charge is 2.29. The molecule has 0 aromatic heterocycles. The molecule has 0 amide bonds. The molecule has 0 heteroatoms. The van der Waals surface area contributed by atoms with Crippen molar-refractivity contribution in [1.82, 2.24) is 0 Å². The van der Waals surface area contributed by atoms with Crippen LogP contribution in [0.25, 0.3) is 0 Å². The first-order valence-electron chi connectivity index (χ1n) is 10.8. The van der Waals surface area contributed by atoms with E-state index in [4.69, 9.17) is 0 Å². The van der Waals surface area contributed by atoms with E-state index in [0.717, 1.165) is 23.7 Å². The predicted octanol–water partition coefficient (Wildman–Crippen LogP) is 7.76. The molecule has 0 heterocycles. The van der Waals surface area contributed by atoms with Crippen LogP contribution in [-0.4, -0.2) is 0 Å². The molecule has 0 aromatic rings. The Morgan fingerprint density at radius 2 is 1.09 bits per heavy atom. The molecule has 2 aliphatic carbocycles. The number of hydrogen-bond donors (Lipinski definition) is 0. The van der Waals surface area contributed by atoms with Gasteiger partial charge in [0.05, 0.1) is 0 Å². The van der Waals surface area contributed by atoms with Gasteiger partial charge in [0, 0.05) is 0 Å². The van der Waals surface area contributed by atoms with Gasteiger partial charge < -0.3 is 0 Å². The van der Waals surface area contributed by atoms with Gasteiger partial charge in [0.25, 0.3) is 0 Å². The minimum absolute atomic E-state index is 1.02. The number of rotatable bonds is 9. The second-order valence-electron chi connectivity index (χ2n) is 8.71. The van der Waals surface area contributed by atoms with Crippen LogP contribution in [0.2, 0.25) is 0 Å². The first-order valence-corrected chi connectivity index (χ1v) is 10.8. The SMILES string of the molecule is CCCCCCCCCC1CCC([C@H]2CC[C@H](C)CC2)CC1. The minimum Gasteiger partial charge on any atom is -0.0654 e. The third-order valence-electron chi connectivity index (χ3n) is 6.83. The first kappa shape index (κ1) is 18.3. The highest BCUT2D eigenvalue weighted by atomic mass is 14.3. The Balaban J connectivity index is 1.48. The summed E-state index contributed by atoms with van der Waals surface area (Å²) in [5.41, 5.74) is 0. The van der Waals surface area contributed by atoms with E-state index in [-0.39, 0.29) is 0 Å². The summed E-state index contributed by atoms with van der Waals surface area (Å²) in [6.45, 7) is 4.76. The lowest BCUT2D eigenvalue weighted by Crippen LogP contribution is -2.25. The first-order chi connectivity index (χ1) is 10.8. The van der Waals surface area contributed by atoms with E-state index in [9.17, 15) is 0 Å². The molecule has 0 unspecified atom stereocenters. The van der Waals surface area contributed by atoms with Crippen molar-refractivity contribution in [2.45, 2.75) is 117 Å². The van der Waals surface area contributed by atoms with Crippen molar-refractivity contribution < 1.29 is 0 Å². The van der Waals surface area contributed by atoms with Crippen molar-refractivity contribution in [1.29, 1.82) is 0 Å². The van der Waals surface area contributed by atoms with Crippen molar-refractivity contribution >= 4 is 0 Å². The van der Waals surface area contributed by atoms with Crippen LogP contribution in [0.15, 0.2) is 0 Å². The molecule has 0 N–H and O–H groups in total. The van der Waals surface area contributed by atoms with Crippen molar-refractivity contribution in [3.05, 3.63) is 0 Å². The van der Waals surface area contributed by atoms with Gasteiger partial charge in [-0.15, -0.1) is 0 Å². The van der Waals surface area contributed by atoms with Crippen LogP contribution in [0.3, 0.4) is 0 Å². The van der Waals surface area contributed by atoms with E-state index >= 15 is 0 Å². The zero-order chi connectivity index (χ0) is 15.6. The number of unbranched alkanes of at least 4 members (excludes halogenated alkanes) is 6. The zero-order valence-corrected chi connectivity index (χ0v) is 15.6. The van der Waals surface area contributed by atoms with Crippen LogP contribution in [0, 0.1) is 23.7 Å². The van der Waals surface area contributed by atoms with Crippen molar-refractivity contribution in [2.24, 2.45) is 23.7 Å². The number of hydrogen-bond acceptors (Lipinski definition) is 0. The molecule has 0 spiro atoms. The molecule has 22 heavy (non-hydrogen) atoms. The third-order valence-corrected chi connectivity index (χ3v) is 6.83. The van der Waals surface area contributed by atoms with Crippen LogP contribution in [0.5, 0.6) is 0 Å². The van der Waals surface area contributed by atoms with Crippen molar-refractivity contribution in [3.63, 3.8) is 0 Å². The molecule has 2 rings (SSSR count). The quantitative estimate of drug-likeness (QED) is 0.382. The molecule has 130 valence electrons. The Bertz CT molecular complexity index is 253. The highest BCUT2D eigenvalue weighted by Crippen LogP contribution is 2.42. The van der Waals surface area contributed by atoms with Crippen LogP contribution in [-0.2, 0) is 0 Å². The fraction of sp³-hybridized carbons (Fsp3) is 1.00. The predicted molar refractivity (Wildman–Crippen MR) is 99.2 cm³/mol. The van der Waals surface area contributed by atoms with E-state index in [1.807, 2.05) is 0 Å². The molecule has 0 aromatic carbocycles. The molecular formula is C22H42. The van der Waals surface area contributed by atoms with Crippen molar-refractivity contribution in [2.75, 3.05) is 0 Å². The summed E-state index contributed by atoms with van der Waals surface area (Å²) in [6, 6.07) is 0. The maximum atomic E-state index is 2.45. The van der Waals surface area contributed by atoms with E-state index in [1.54, 1.807) is 44.9 Å². The largest absolute Gasteiger partial charge is 0.0654 e. The molecule has 0 bridgehead atoms. The van der Waals surface area contributed by atoms with Gasteiger partial charge in [0.1, 0.15) is 0 Å². The van der Waals surface area contributed by atoms with Crippen LogP contribution < -0.4 is 0 Å². The van der Waals surface area contributed by atoms with Crippen LogP contribution >= 0.6 is 0 Å². The van der Waals surface area contributed by atoms with Gasteiger partial charge in [0.2, 0.25) is 0 Å². The highest BCUT2D eigenvalue weighted by molar-refractivity contribution is 4.81. The summed E-state index contributed by atoms with van der Waals surface area (Å²) in [4.78, 5) is 0. The topological polar surface area (TPSA) is 0 Å². The van der Waals surface area contributed by atoms with Gasteiger partial charge in [-0.1, -0.05) is 90.9 Å². The van der Waals surface area contributed by atoms with E-state index in [1.165, 1.54) is 57.8 Å².